The average Bonchev–Trinajstić information content (AvgIpc) is 1.06. The first-order valence-electron chi connectivity index (χ1n) is 38.5. The first kappa shape index (κ1) is 94.0. The SMILES string of the molecule is CC/C=C\C/C=C\C/C=C\C/C=C\C/C=C\CCCC(=O)OC(COC(=O)CCCCCCCC/C=C\C/C=C\C/C=C\CCCCC)COP(=O)(O)OCC(O)COP(=O)(O)OCC(COC(=O)CCCCCCCCCCCCC)OC(=O)CCCCCCCCCCCCC. The maximum atomic E-state index is 13.1. The second-order valence-electron chi connectivity index (χ2n) is 25.6. The van der Waals surface area contributed by atoms with Crippen molar-refractivity contribution >= 4 is 39.5 Å². The van der Waals surface area contributed by atoms with Crippen molar-refractivity contribution in [2.45, 2.75) is 341 Å². The van der Waals surface area contributed by atoms with E-state index in [1.54, 1.807) is 0 Å². The molecule has 0 aliphatic heterocycles. The van der Waals surface area contributed by atoms with Gasteiger partial charge in [0.2, 0.25) is 0 Å². The number of carbonyl (C=O) groups is 4. The molecular weight excluding hydrogens is 1280 g/mol. The van der Waals surface area contributed by atoms with Gasteiger partial charge in [-0.3, -0.25) is 37.3 Å². The summed E-state index contributed by atoms with van der Waals surface area (Å²) in [6.07, 6.45) is 74.1. The average molecular weight is 1420 g/mol. The van der Waals surface area contributed by atoms with Gasteiger partial charge in [-0.25, -0.2) is 9.13 Å². The molecular formula is C79H138O17P2. The molecule has 19 heteroatoms. The Labute approximate surface area is 595 Å². The summed E-state index contributed by atoms with van der Waals surface area (Å²) in [4.78, 5) is 72.8. The molecule has 5 unspecified atom stereocenters. The van der Waals surface area contributed by atoms with Crippen LogP contribution >= 0.6 is 15.6 Å². The molecule has 0 heterocycles. The van der Waals surface area contributed by atoms with Crippen LogP contribution in [-0.2, 0) is 65.4 Å². The highest BCUT2D eigenvalue weighted by Gasteiger charge is 2.30. The molecule has 5 atom stereocenters. The molecule has 98 heavy (non-hydrogen) atoms. The first-order chi connectivity index (χ1) is 47.7. The Bertz CT molecular complexity index is 2240. The third kappa shape index (κ3) is 70.4. The smallest absolute Gasteiger partial charge is 0.462 e. The summed E-state index contributed by atoms with van der Waals surface area (Å²) in [6, 6.07) is 0. The zero-order valence-corrected chi connectivity index (χ0v) is 63.5. The molecule has 0 aromatic heterocycles. The van der Waals surface area contributed by atoms with E-state index in [-0.39, 0.29) is 25.7 Å². The second kappa shape index (κ2) is 71.4. The largest absolute Gasteiger partial charge is 0.472 e. The number of esters is 4. The maximum Gasteiger partial charge on any atom is 0.472 e. The molecule has 0 rings (SSSR count). The van der Waals surface area contributed by atoms with Crippen molar-refractivity contribution in [3.8, 4) is 0 Å². The minimum absolute atomic E-state index is 0.0138. The number of phosphoric acid groups is 2. The number of aliphatic hydroxyl groups is 1. The van der Waals surface area contributed by atoms with Crippen molar-refractivity contribution < 1.29 is 80.2 Å². The fourth-order valence-corrected chi connectivity index (χ4v) is 11.8. The van der Waals surface area contributed by atoms with Crippen LogP contribution in [0.3, 0.4) is 0 Å². The van der Waals surface area contributed by atoms with E-state index in [0.717, 1.165) is 135 Å². The van der Waals surface area contributed by atoms with E-state index in [9.17, 15) is 43.2 Å². The lowest BCUT2D eigenvalue weighted by atomic mass is 10.1. The minimum Gasteiger partial charge on any atom is -0.462 e. The Morgan fingerprint density at radius 1 is 0.296 bits per heavy atom. The molecule has 17 nitrogen and oxygen atoms in total. The highest BCUT2D eigenvalue weighted by molar-refractivity contribution is 7.47. The third-order valence-corrected chi connectivity index (χ3v) is 18.0. The van der Waals surface area contributed by atoms with Crippen LogP contribution in [0.25, 0.3) is 0 Å². The van der Waals surface area contributed by atoms with E-state index >= 15 is 0 Å². The van der Waals surface area contributed by atoms with Crippen molar-refractivity contribution in [2.75, 3.05) is 39.6 Å². The highest BCUT2D eigenvalue weighted by Crippen LogP contribution is 2.45. The number of carbonyl (C=O) groups excluding carboxylic acids is 4. The molecule has 0 aliphatic rings. The summed E-state index contributed by atoms with van der Waals surface area (Å²) in [6.45, 7) is 4.66. The van der Waals surface area contributed by atoms with Gasteiger partial charge < -0.3 is 33.8 Å². The van der Waals surface area contributed by atoms with Gasteiger partial charge in [-0.2, -0.15) is 0 Å². The molecule has 0 bridgehead atoms. The van der Waals surface area contributed by atoms with Gasteiger partial charge in [0.15, 0.2) is 12.2 Å². The van der Waals surface area contributed by atoms with Crippen molar-refractivity contribution in [2.24, 2.45) is 0 Å². The maximum absolute atomic E-state index is 13.1. The van der Waals surface area contributed by atoms with E-state index in [0.29, 0.717) is 32.1 Å². The van der Waals surface area contributed by atoms with Crippen molar-refractivity contribution in [1.82, 2.24) is 0 Å². The van der Waals surface area contributed by atoms with Crippen molar-refractivity contribution in [1.29, 1.82) is 0 Å². The number of phosphoric ester groups is 2. The quantitative estimate of drug-likeness (QED) is 0.0169. The van der Waals surface area contributed by atoms with Gasteiger partial charge in [0, 0.05) is 25.7 Å². The molecule has 0 radical (unpaired) electrons. The second-order valence-corrected chi connectivity index (χ2v) is 28.5. The van der Waals surface area contributed by atoms with Gasteiger partial charge in [0.25, 0.3) is 0 Å². The van der Waals surface area contributed by atoms with Crippen LogP contribution in [-0.4, -0.2) is 96.7 Å². The zero-order chi connectivity index (χ0) is 71.8. The first-order valence-corrected chi connectivity index (χ1v) is 41.5. The van der Waals surface area contributed by atoms with Crippen LogP contribution < -0.4 is 0 Å². The number of allylic oxidation sites excluding steroid dienone is 16. The van der Waals surface area contributed by atoms with E-state index in [2.05, 4.69) is 113 Å². The predicted octanol–water partition coefficient (Wildman–Crippen LogP) is 22.0. The summed E-state index contributed by atoms with van der Waals surface area (Å²) in [5.74, 6) is -2.24. The van der Waals surface area contributed by atoms with E-state index < -0.39 is 97.5 Å². The molecule has 0 saturated heterocycles. The standard InChI is InChI=1S/C79H138O17P2/c1-5-9-13-17-21-25-29-31-33-35-36-38-39-41-45-48-52-56-60-64-77(82)90-70-75(96-79(84)66-62-58-54-50-46-42-40-37-34-32-30-26-22-18-14-10-6-2)72-94-98(87,88)92-68-73(80)67-91-97(85,86)93-71-74(95-78(83)65-61-57-53-49-44-28-24-20-16-12-8-4)69-89-76(81)63-59-55-51-47-43-27-23-19-15-11-7-3/h10,14,21-22,25-26,31-34,36,38,40,42,50,54,73-75,80H,5-9,11-13,15-20,23-24,27-30,35,37,39,41,43-49,51-53,55-72H2,1-4H3,(H,85,86)(H,87,88)/b14-10-,25-21-,26-22-,33-31-,34-32-,38-36-,42-40-,54-50-. The van der Waals surface area contributed by atoms with Gasteiger partial charge in [-0.05, 0) is 103 Å². The van der Waals surface area contributed by atoms with Crippen molar-refractivity contribution in [3.05, 3.63) is 97.2 Å². The highest BCUT2D eigenvalue weighted by atomic mass is 31.2. The Hall–Kier alpha value is -4.02. The lowest BCUT2D eigenvalue weighted by molar-refractivity contribution is -0.161. The van der Waals surface area contributed by atoms with Gasteiger partial charge in [0.05, 0.1) is 26.4 Å². The molecule has 3 N–H and O–H groups in total. The molecule has 0 saturated carbocycles. The van der Waals surface area contributed by atoms with Gasteiger partial charge >= 0.3 is 39.5 Å². The van der Waals surface area contributed by atoms with Gasteiger partial charge in [0.1, 0.15) is 19.3 Å². The van der Waals surface area contributed by atoms with Crippen LogP contribution in [0.2, 0.25) is 0 Å². The molecule has 0 spiro atoms. The molecule has 0 aliphatic carbocycles. The zero-order valence-electron chi connectivity index (χ0n) is 61.7. The lowest BCUT2D eigenvalue weighted by Crippen LogP contribution is -2.30. The van der Waals surface area contributed by atoms with Crippen LogP contribution in [0.4, 0.5) is 0 Å². The monoisotopic (exact) mass is 1420 g/mol. The summed E-state index contributed by atoms with van der Waals surface area (Å²) in [5.41, 5.74) is 0. The van der Waals surface area contributed by atoms with Crippen molar-refractivity contribution in [3.63, 3.8) is 0 Å². The van der Waals surface area contributed by atoms with E-state index in [1.165, 1.54) is 103 Å². The summed E-state index contributed by atoms with van der Waals surface area (Å²) in [5, 5.41) is 10.6. The van der Waals surface area contributed by atoms with E-state index in [4.69, 9.17) is 37.0 Å². The molecule has 0 aromatic rings. The number of unbranched alkanes of at least 4 members (excludes halogenated alkanes) is 30. The fraction of sp³-hybridized carbons (Fsp3) is 0.747. The van der Waals surface area contributed by atoms with Gasteiger partial charge in [-0.1, -0.05) is 292 Å². The predicted molar refractivity (Wildman–Crippen MR) is 399 cm³/mol. The minimum atomic E-state index is -4.99. The summed E-state index contributed by atoms with van der Waals surface area (Å²) >= 11 is 0. The Kier molecular flexibility index (Phi) is 68.4. The fourth-order valence-electron chi connectivity index (χ4n) is 10.2. The summed E-state index contributed by atoms with van der Waals surface area (Å²) in [7, 11) is -9.96. The number of hydrogen-bond donors (Lipinski definition) is 3. The molecule has 0 fully saturated rings. The lowest BCUT2D eigenvalue weighted by Gasteiger charge is -2.21. The third-order valence-electron chi connectivity index (χ3n) is 16.1. The normalized spacial score (nSPS) is 14.5. The number of ether oxygens (including phenoxy) is 4. The Balaban J connectivity index is 5.37. The van der Waals surface area contributed by atoms with E-state index in [1.807, 2.05) is 12.2 Å². The molecule has 0 aromatic carbocycles. The van der Waals surface area contributed by atoms with Gasteiger partial charge in [-0.15, -0.1) is 0 Å². The van der Waals surface area contributed by atoms with Crippen LogP contribution in [0.5, 0.6) is 0 Å². The molecule has 0 amide bonds. The topological polar surface area (TPSA) is 237 Å². The van der Waals surface area contributed by atoms with Crippen LogP contribution in [0.15, 0.2) is 97.2 Å². The number of hydrogen-bond acceptors (Lipinski definition) is 15. The Morgan fingerprint density at radius 2 is 0.541 bits per heavy atom. The molecule has 566 valence electrons. The Morgan fingerprint density at radius 3 is 0.878 bits per heavy atom. The van der Waals surface area contributed by atoms with Crippen LogP contribution in [0.1, 0.15) is 323 Å². The number of rotatable bonds is 72. The van der Waals surface area contributed by atoms with Crippen LogP contribution in [0, 0.1) is 0 Å². The summed E-state index contributed by atoms with van der Waals surface area (Å²) < 4.78 is 68.4. The number of aliphatic hydroxyl groups excluding tert-OH is 1.